The first kappa shape index (κ1) is 13.4. The first-order valence-corrected chi connectivity index (χ1v) is 5.89. The minimum atomic E-state index is -0.324. The van der Waals surface area contributed by atoms with Crippen molar-refractivity contribution in [2.45, 2.75) is 39.5 Å². The summed E-state index contributed by atoms with van der Waals surface area (Å²) in [4.78, 5) is 6.43. The summed E-state index contributed by atoms with van der Waals surface area (Å²) in [6.07, 6.45) is 1.33. The molecule has 0 aliphatic heterocycles. The van der Waals surface area contributed by atoms with Gasteiger partial charge in [0.2, 0.25) is 0 Å². The number of hydrogen-bond acceptors (Lipinski definition) is 3. The van der Waals surface area contributed by atoms with Crippen LogP contribution < -0.4 is 0 Å². The van der Waals surface area contributed by atoms with Gasteiger partial charge in [0.1, 0.15) is 0 Å². The van der Waals surface area contributed by atoms with E-state index in [4.69, 9.17) is 11.6 Å². The maximum absolute atomic E-state index is 9.41. The van der Waals surface area contributed by atoms with E-state index >= 15 is 0 Å². The lowest BCUT2D eigenvalue weighted by Crippen LogP contribution is -2.36. The topological polar surface area (TPSA) is 36.4 Å². The van der Waals surface area contributed by atoms with Gasteiger partial charge in [0.25, 0.3) is 0 Å². The number of aliphatic hydroxyl groups is 1. The lowest BCUT2D eigenvalue weighted by Gasteiger charge is -2.27. The largest absolute Gasteiger partial charge is 0.392 e. The minimum absolute atomic E-state index is 0.324. The fourth-order valence-electron chi connectivity index (χ4n) is 1.51. The van der Waals surface area contributed by atoms with Crippen molar-refractivity contribution in [3.05, 3.63) is 29.0 Å². The molecule has 0 spiro atoms. The summed E-state index contributed by atoms with van der Waals surface area (Å²) < 4.78 is 0. The molecule has 0 saturated carbocycles. The van der Waals surface area contributed by atoms with Gasteiger partial charge in [-0.1, -0.05) is 11.6 Å². The maximum Gasteiger partial charge on any atom is 0.0639 e. The van der Waals surface area contributed by atoms with Crippen LogP contribution in [0.5, 0.6) is 0 Å². The van der Waals surface area contributed by atoms with Crippen molar-refractivity contribution in [2.24, 2.45) is 0 Å². The Morgan fingerprint density at radius 3 is 2.50 bits per heavy atom. The lowest BCUT2D eigenvalue weighted by molar-refractivity contribution is 0.102. The highest BCUT2D eigenvalue weighted by Gasteiger charge is 2.12. The Hall–Kier alpha value is -0.640. The molecule has 1 rings (SSSR count). The smallest absolute Gasteiger partial charge is 0.0639 e. The molecule has 1 atom stereocenters. The Bertz CT molecular complexity index is 311. The molecule has 3 nitrogen and oxygen atoms in total. The van der Waals surface area contributed by atoms with Gasteiger partial charge in [-0.15, -0.1) is 0 Å². The molecule has 90 valence electrons. The second-order valence-corrected chi connectivity index (χ2v) is 4.78. The van der Waals surface area contributed by atoms with E-state index < -0.39 is 0 Å². The monoisotopic (exact) mass is 242 g/mol. The Labute approximate surface area is 102 Å². The molecule has 0 amide bonds. The van der Waals surface area contributed by atoms with Gasteiger partial charge in [-0.25, -0.2) is 0 Å². The lowest BCUT2D eigenvalue weighted by atomic mass is 10.2. The Morgan fingerprint density at radius 1 is 1.38 bits per heavy atom. The highest BCUT2D eigenvalue weighted by Crippen LogP contribution is 2.10. The molecule has 0 radical (unpaired) electrons. The van der Waals surface area contributed by atoms with E-state index in [1.54, 1.807) is 13.1 Å². The molecule has 0 aliphatic rings. The third-order valence-corrected chi connectivity index (χ3v) is 2.61. The first-order chi connectivity index (χ1) is 7.49. The van der Waals surface area contributed by atoms with Crippen molar-refractivity contribution in [3.8, 4) is 0 Å². The van der Waals surface area contributed by atoms with Gasteiger partial charge >= 0.3 is 0 Å². The molecular formula is C12H19ClN2O. The van der Waals surface area contributed by atoms with Gasteiger partial charge in [0, 0.05) is 25.3 Å². The van der Waals surface area contributed by atoms with E-state index in [9.17, 15) is 5.11 Å². The van der Waals surface area contributed by atoms with E-state index in [0.29, 0.717) is 17.6 Å². The van der Waals surface area contributed by atoms with Crippen molar-refractivity contribution >= 4 is 11.6 Å². The summed E-state index contributed by atoms with van der Waals surface area (Å²) in [5, 5.41) is 10.1. The van der Waals surface area contributed by atoms with E-state index in [2.05, 4.69) is 23.7 Å². The van der Waals surface area contributed by atoms with Gasteiger partial charge in [-0.3, -0.25) is 9.88 Å². The van der Waals surface area contributed by atoms with Crippen molar-refractivity contribution in [1.29, 1.82) is 0 Å². The number of aliphatic hydroxyl groups excluding tert-OH is 1. The van der Waals surface area contributed by atoms with Crippen molar-refractivity contribution in [3.63, 3.8) is 0 Å². The van der Waals surface area contributed by atoms with Gasteiger partial charge in [0.15, 0.2) is 0 Å². The summed E-state index contributed by atoms with van der Waals surface area (Å²) in [6, 6.07) is 4.14. The average molecular weight is 243 g/mol. The fraction of sp³-hybridized carbons (Fsp3) is 0.583. The van der Waals surface area contributed by atoms with Gasteiger partial charge in [-0.05, 0) is 32.9 Å². The third-order valence-electron chi connectivity index (χ3n) is 2.38. The standard InChI is InChI=1S/C12H19ClN2O/c1-9(2)15(7-10(3)16)8-12-5-4-11(13)6-14-12/h4-6,9-10,16H,7-8H2,1-3H3. The van der Waals surface area contributed by atoms with Gasteiger partial charge in [0.05, 0.1) is 16.8 Å². The van der Waals surface area contributed by atoms with Gasteiger partial charge in [-0.2, -0.15) is 0 Å². The molecule has 1 heterocycles. The summed E-state index contributed by atoms with van der Waals surface area (Å²) in [5.74, 6) is 0. The molecule has 1 aromatic rings. The van der Waals surface area contributed by atoms with Crippen LogP contribution in [0.25, 0.3) is 0 Å². The van der Waals surface area contributed by atoms with Crippen LogP contribution >= 0.6 is 11.6 Å². The predicted octanol–water partition coefficient (Wildman–Crippen LogP) is 2.33. The van der Waals surface area contributed by atoms with Crippen LogP contribution in [0.3, 0.4) is 0 Å². The predicted molar refractivity (Wildman–Crippen MR) is 66.5 cm³/mol. The van der Waals surface area contributed by atoms with Crippen LogP contribution in [-0.4, -0.2) is 33.7 Å². The molecule has 0 saturated heterocycles. The number of hydrogen-bond donors (Lipinski definition) is 1. The minimum Gasteiger partial charge on any atom is -0.392 e. The molecule has 16 heavy (non-hydrogen) atoms. The van der Waals surface area contributed by atoms with Crippen molar-refractivity contribution < 1.29 is 5.11 Å². The fourth-order valence-corrected chi connectivity index (χ4v) is 1.62. The van der Waals surface area contributed by atoms with Crippen molar-refractivity contribution in [1.82, 2.24) is 9.88 Å². The van der Waals surface area contributed by atoms with E-state index in [-0.39, 0.29) is 6.10 Å². The summed E-state index contributed by atoms with van der Waals surface area (Å²) >= 11 is 5.78. The van der Waals surface area contributed by atoms with Crippen LogP contribution in [0.1, 0.15) is 26.5 Å². The molecule has 1 unspecified atom stereocenters. The number of nitrogens with zero attached hydrogens (tertiary/aromatic N) is 2. The van der Waals surface area contributed by atoms with Crippen LogP contribution in [0.2, 0.25) is 5.02 Å². The highest BCUT2D eigenvalue weighted by atomic mass is 35.5. The first-order valence-electron chi connectivity index (χ1n) is 5.51. The second kappa shape index (κ2) is 6.18. The van der Waals surface area contributed by atoms with E-state index in [1.165, 1.54) is 0 Å². The maximum atomic E-state index is 9.41. The zero-order valence-electron chi connectivity index (χ0n) is 10.0. The Morgan fingerprint density at radius 2 is 2.06 bits per heavy atom. The molecule has 0 fully saturated rings. The Balaban J connectivity index is 2.64. The molecule has 0 aromatic carbocycles. The van der Waals surface area contributed by atoms with E-state index in [0.717, 1.165) is 12.2 Å². The SMILES string of the molecule is CC(O)CN(Cc1ccc(Cl)cn1)C(C)C. The highest BCUT2D eigenvalue weighted by molar-refractivity contribution is 6.30. The Kier molecular flexibility index (Phi) is 5.19. The number of aromatic nitrogens is 1. The summed E-state index contributed by atoms with van der Waals surface area (Å²) in [7, 11) is 0. The second-order valence-electron chi connectivity index (χ2n) is 4.34. The number of halogens is 1. The van der Waals surface area contributed by atoms with Crippen LogP contribution in [-0.2, 0) is 6.54 Å². The summed E-state index contributed by atoms with van der Waals surface area (Å²) in [5.41, 5.74) is 0.971. The molecule has 4 heteroatoms. The zero-order chi connectivity index (χ0) is 12.1. The molecule has 0 bridgehead atoms. The molecule has 1 N–H and O–H groups in total. The van der Waals surface area contributed by atoms with Crippen LogP contribution in [0.4, 0.5) is 0 Å². The quantitative estimate of drug-likeness (QED) is 0.861. The van der Waals surface area contributed by atoms with E-state index in [1.807, 2.05) is 12.1 Å². The van der Waals surface area contributed by atoms with Crippen LogP contribution in [0, 0.1) is 0 Å². The van der Waals surface area contributed by atoms with Gasteiger partial charge < -0.3 is 5.11 Å². The molecular weight excluding hydrogens is 224 g/mol. The van der Waals surface area contributed by atoms with Crippen molar-refractivity contribution in [2.75, 3.05) is 6.54 Å². The molecule has 0 aliphatic carbocycles. The molecule has 1 aromatic heterocycles. The zero-order valence-corrected chi connectivity index (χ0v) is 10.8. The number of rotatable bonds is 5. The number of pyridine rings is 1. The summed E-state index contributed by atoms with van der Waals surface area (Å²) in [6.45, 7) is 7.41. The third kappa shape index (κ3) is 4.47. The van der Waals surface area contributed by atoms with Crippen LogP contribution in [0.15, 0.2) is 18.3 Å². The average Bonchev–Trinajstić information content (AvgIpc) is 2.19. The normalized spacial score (nSPS) is 13.4.